The van der Waals surface area contributed by atoms with Crippen LogP contribution in [0.1, 0.15) is 30.6 Å². The van der Waals surface area contributed by atoms with Gasteiger partial charge in [-0.2, -0.15) is 0 Å². The summed E-state index contributed by atoms with van der Waals surface area (Å²) in [5.41, 5.74) is 2.47. The van der Waals surface area contributed by atoms with Gasteiger partial charge < -0.3 is 15.0 Å². The van der Waals surface area contributed by atoms with Crippen molar-refractivity contribution < 1.29 is 14.3 Å². The number of benzene rings is 2. The molecule has 0 bridgehead atoms. The summed E-state index contributed by atoms with van der Waals surface area (Å²) in [5, 5.41) is 3.43. The lowest BCUT2D eigenvalue weighted by Gasteiger charge is -2.22. The lowest BCUT2D eigenvalue weighted by Crippen LogP contribution is -2.35. The summed E-state index contributed by atoms with van der Waals surface area (Å²) >= 11 is 0. The van der Waals surface area contributed by atoms with Gasteiger partial charge >= 0.3 is 0 Å². The van der Waals surface area contributed by atoms with E-state index in [4.69, 9.17) is 4.74 Å². The van der Waals surface area contributed by atoms with Gasteiger partial charge in [0.2, 0.25) is 0 Å². The SMILES string of the molecule is CC(=O)c1ccc(OCC(=O)N2CCC(C)Nc3ccccc32)cc1. The zero-order valence-corrected chi connectivity index (χ0v) is 14.5. The molecular weight excluding hydrogens is 316 g/mol. The molecule has 0 aromatic heterocycles. The minimum Gasteiger partial charge on any atom is -0.484 e. The molecule has 1 aliphatic heterocycles. The fraction of sp³-hybridized carbons (Fsp3) is 0.300. The number of Topliss-reactive ketones (excluding diaryl/α,β-unsaturated/α-hetero) is 1. The van der Waals surface area contributed by atoms with Gasteiger partial charge in [0, 0.05) is 18.2 Å². The van der Waals surface area contributed by atoms with Crippen LogP contribution in [0.15, 0.2) is 48.5 Å². The summed E-state index contributed by atoms with van der Waals surface area (Å²) in [7, 11) is 0. The molecule has 3 rings (SSSR count). The fourth-order valence-electron chi connectivity index (χ4n) is 2.88. The Morgan fingerprint density at radius 3 is 2.60 bits per heavy atom. The smallest absolute Gasteiger partial charge is 0.264 e. The minimum atomic E-state index is -0.0843. The number of carbonyl (C=O) groups is 2. The first kappa shape index (κ1) is 17.0. The zero-order chi connectivity index (χ0) is 17.8. The maximum atomic E-state index is 12.7. The van der Waals surface area contributed by atoms with Gasteiger partial charge in [0.1, 0.15) is 5.75 Å². The van der Waals surface area contributed by atoms with Crippen LogP contribution in [-0.2, 0) is 4.79 Å². The van der Waals surface area contributed by atoms with Crippen LogP contribution in [0.25, 0.3) is 0 Å². The number of carbonyl (C=O) groups excluding carboxylic acids is 2. The average molecular weight is 338 g/mol. The maximum absolute atomic E-state index is 12.7. The van der Waals surface area contributed by atoms with E-state index in [9.17, 15) is 9.59 Å². The molecule has 1 unspecified atom stereocenters. The number of ketones is 1. The van der Waals surface area contributed by atoms with Crippen molar-refractivity contribution in [3.8, 4) is 5.75 Å². The Balaban J connectivity index is 1.69. The third kappa shape index (κ3) is 3.99. The van der Waals surface area contributed by atoms with E-state index in [1.54, 1.807) is 29.2 Å². The van der Waals surface area contributed by atoms with Crippen molar-refractivity contribution in [2.24, 2.45) is 0 Å². The van der Waals surface area contributed by atoms with Crippen molar-refractivity contribution in [3.05, 3.63) is 54.1 Å². The number of anilines is 2. The van der Waals surface area contributed by atoms with E-state index in [1.807, 2.05) is 24.3 Å². The number of amides is 1. The zero-order valence-electron chi connectivity index (χ0n) is 14.5. The summed E-state index contributed by atoms with van der Waals surface area (Å²) in [5.74, 6) is 0.498. The van der Waals surface area contributed by atoms with Crippen LogP contribution in [0.2, 0.25) is 0 Å². The van der Waals surface area contributed by atoms with E-state index < -0.39 is 0 Å². The van der Waals surface area contributed by atoms with Crippen molar-refractivity contribution in [3.63, 3.8) is 0 Å². The van der Waals surface area contributed by atoms with E-state index in [1.165, 1.54) is 6.92 Å². The number of rotatable bonds is 4. The van der Waals surface area contributed by atoms with Crippen LogP contribution in [0, 0.1) is 0 Å². The molecule has 0 saturated heterocycles. The van der Waals surface area contributed by atoms with Crippen molar-refractivity contribution in [1.29, 1.82) is 0 Å². The molecule has 0 aliphatic carbocycles. The highest BCUT2D eigenvalue weighted by atomic mass is 16.5. The summed E-state index contributed by atoms with van der Waals surface area (Å²) in [6.45, 7) is 4.24. The van der Waals surface area contributed by atoms with E-state index in [0.29, 0.717) is 23.9 Å². The molecule has 0 spiro atoms. The van der Waals surface area contributed by atoms with Crippen LogP contribution in [-0.4, -0.2) is 30.9 Å². The normalized spacial score (nSPS) is 16.4. The van der Waals surface area contributed by atoms with Gasteiger partial charge in [-0.05, 0) is 56.7 Å². The van der Waals surface area contributed by atoms with Crippen molar-refractivity contribution >= 4 is 23.1 Å². The first-order chi connectivity index (χ1) is 12.0. The molecule has 0 radical (unpaired) electrons. The van der Waals surface area contributed by atoms with Gasteiger partial charge in [-0.1, -0.05) is 12.1 Å². The molecule has 1 heterocycles. The predicted octanol–water partition coefficient (Wildman–Crippen LogP) is 3.51. The molecule has 0 saturated carbocycles. The highest BCUT2D eigenvalue weighted by Gasteiger charge is 2.23. The van der Waals surface area contributed by atoms with E-state index in [0.717, 1.165) is 17.8 Å². The number of para-hydroxylation sites is 2. The van der Waals surface area contributed by atoms with Crippen LogP contribution in [0.3, 0.4) is 0 Å². The topological polar surface area (TPSA) is 58.6 Å². The Morgan fingerprint density at radius 1 is 1.16 bits per heavy atom. The fourth-order valence-corrected chi connectivity index (χ4v) is 2.88. The van der Waals surface area contributed by atoms with Gasteiger partial charge in [-0.15, -0.1) is 0 Å². The van der Waals surface area contributed by atoms with Gasteiger partial charge in [0.25, 0.3) is 5.91 Å². The predicted molar refractivity (Wildman–Crippen MR) is 98.4 cm³/mol. The summed E-state index contributed by atoms with van der Waals surface area (Å²) in [6, 6.07) is 15.0. The molecule has 5 heteroatoms. The van der Waals surface area contributed by atoms with E-state index >= 15 is 0 Å². The monoisotopic (exact) mass is 338 g/mol. The van der Waals surface area contributed by atoms with Gasteiger partial charge in [0.15, 0.2) is 12.4 Å². The maximum Gasteiger partial charge on any atom is 0.264 e. The molecular formula is C20H22N2O3. The van der Waals surface area contributed by atoms with Gasteiger partial charge in [0.05, 0.1) is 11.4 Å². The highest BCUT2D eigenvalue weighted by Crippen LogP contribution is 2.29. The summed E-state index contributed by atoms with van der Waals surface area (Å²) in [4.78, 5) is 25.8. The number of hydrogen-bond acceptors (Lipinski definition) is 4. The molecule has 25 heavy (non-hydrogen) atoms. The molecule has 1 atom stereocenters. The quantitative estimate of drug-likeness (QED) is 0.867. The molecule has 1 N–H and O–H groups in total. The number of nitrogens with one attached hydrogen (secondary N) is 1. The molecule has 2 aromatic carbocycles. The Bertz CT molecular complexity index is 771. The number of fused-ring (bicyclic) bond motifs is 1. The second-order valence-corrected chi connectivity index (χ2v) is 6.27. The van der Waals surface area contributed by atoms with Crippen molar-refractivity contribution in [2.45, 2.75) is 26.3 Å². The standard InChI is InChI=1S/C20H22N2O3/c1-14-11-12-22(19-6-4-3-5-18(19)21-14)20(24)13-25-17-9-7-16(8-10-17)15(2)23/h3-10,14,21H,11-13H2,1-2H3. The minimum absolute atomic E-state index is 0.00502. The van der Waals surface area contributed by atoms with Crippen molar-refractivity contribution in [1.82, 2.24) is 0 Å². The lowest BCUT2D eigenvalue weighted by atomic mass is 10.1. The molecule has 1 amide bonds. The Kier molecular flexibility index (Phi) is 5.03. The van der Waals surface area contributed by atoms with Crippen LogP contribution < -0.4 is 15.0 Å². The second-order valence-electron chi connectivity index (χ2n) is 6.27. The second kappa shape index (κ2) is 7.38. The largest absolute Gasteiger partial charge is 0.484 e. The first-order valence-corrected chi connectivity index (χ1v) is 8.44. The Hall–Kier alpha value is -2.82. The third-order valence-electron chi connectivity index (χ3n) is 4.31. The lowest BCUT2D eigenvalue weighted by molar-refractivity contribution is -0.120. The number of ether oxygens (including phenoxy) is 1. The molecule has 1 aliphatic rings. The van der Waals surface area contributed by atoms with Gasteiger partial charge in [-0.25, -0.2) is 0 Å². The molecule has 2 aromatic rings. The first-order valence-electron chi connectivity index (χ1n) is 8.44. The Morgan fingerprint density at radius 2 is 1.88 bits per heavy atom. The van der Waals surface area contributed by atoms with E-state index in [-0.39, 0.29) is 18.3 Å². The molecule has 130 valence electrons. The van der Waals surface area contributed by atoms with Crippen molar-refractivity contribution in [2.75, 3.05) is 23.4 Å². The van der Waals surface area contributed by atoms with Gasteiger partial charge in [-0.3, -0.25) is 9.59 Å². The average Bonchev–Trinajstić information content (AvgIpc) is 2.78. The third-order valence-corrected chi connectivity index (χ3v) is 4.31. The molecule has 5 nitrogen and oxygen atoms in total. The summed E-state index contributed by atoms with van der Waals surface area (Å²) < 4.78 is 5.62. The Labute approximate surface area is 147 Å². The summed E-state index contributed by atoms with van der Waals surface area (Å²) in [6.07, 6.45) is 0.869. The number of hydrogen-bond donors (Lipinski definition) is 1. The van der Waals surface area contributed by atoms with Crippen LogP contribution >= 0.6 is 0 Å². The highest BCUT2D eigenvalue weighted by molar-refractivity contribution is 5.98. The van der Waals surface area contributed by atoms with Crippen LogP contribution in [0.4, 0.5) is 11.4 Å². The number of nitrogens with zero attached hydrogens (tertiary/aromatic N) is 1. The van der Waals surface area contributed by atoms with Crippen LogP contribution in [0.5, 0.6) is 5.75 Å². The van der Waals surface area contributed by atoms with E-state index in [2.05, 4.69) is 12.2 Å². The molecule has 0 fully saturated rings.